The Bertz CT molecular complexity index is 1210. The van der Waals surface area contributed by atoms with Crippen LogP contribution in [0.15, 0.2) is 77.0 Å². The van der Waals surface area contributed by atoms with E-state index < -0.39 is 26.1 Å². The van der Waals surface area contributed by atoms with Gasteiger partial charge in [0.25, 0.3) is 0 Å². The monoisotopic (exact) mass is 461 g/mol. The van der Waals surface area contributed by atoms with Crippen LogP contribution in [0, 0.1) is 0 Å². The van der Waals surface area contributed by atoms with Crippen molar-refractivity contribution in [3.8, 4) is 0 Å². The fourth-order valence-corrected chi connectivity index (χ4v) is 6.27. The maximum absolute atomic E-state index is 13.0. The molecule has 1 atom stereocenters. The standard InChI is InChI=1S/C20H23N5O4S2/c26-30(27,18-8-10-19(11-9-18)31(28,29)25-12-4-5-13-25)23-20(14-24-16-21-15-22-24)17-6-2-1-3-7-17/h1-3,6-11,15-16,20,23H,4-5,12-14H2. The van der Waals surface area contributed by atoms with Crippen LogP contribution in [0.4, 0.5) is 0 Å². The average molecular weight is 462 g/mol. The van der Waals surface area contributed by atoms with Crippen molar-refractivity contribution in [3.63, 3.8) is 0 Å². The van der Waals surface area contributed by atoms with Crippen molar-refractivity contribution in [2.45, 2.75) is 35.2 Å². The van der Waals surface area contributed by atoms with E-state index in [9.17, 15) is 16.8 Å². The fourth-order valence-electron chi connectivity index (χ4n) is 3.53. The molecule has 1 aliphatic heterocycles. The Morgan fingerprint density at radius 1 is 0.903 bits per heavy atom. The minimum atomic E-state index is -3.91. The lowest BCUT2D eigenvalue weighted by Gasteiger charge is -2.20. The van der Waals surface area contributed by atoms with Crippen LogP contribution in [-0.2, 0) is 26.6 Å². The van der Waals surface area contributed by atoms with Gasteiger partial charge in [-0.15, -0.1) is 0 Å². The van der Waals surface area contributed by atoms with Gasteiger partial charge in [-0.3, -0.25) is 4.68 Å². The molecule has 9 nitrogen and oxygen atoms in total. The van der Waals surface area contributed by atoms with Crippen LogP contribution in [-0.4, -0.2) is 49.0 Å². The number of hydrogen-bond acceptors (Lipinski definition) is 6. The van der Waals surface area contributed by atoms with Crippen LogP contribution < -0.4 is 4.72 Å². The first kappa shape index (κ1) is 21.6. The first-order valence-electron chi connectivity index (χ1n) is 9.86. The van der Waals surface area contributed by atoms with Crippen molar-refractivity contribution in [1.82, 2.24) is 23.8 Å². The van der Waals surface area contributed by atoms with E-state index in [4.69, 9.17) is 0 Å². The molecule has 1 N–H and O–H groups in total. The zero-order valence-corrected chi connectivity index (χ0v) is 18.3. The number of aromatic nitrogens is 3. The maximum Gasteiger partial charge on any atom is 0.243 e. The molecular weight excluding hydrogens is 438 g/mol. The van der Waals surface area contributed by atoms with Crippen LogP contribution in [0.2, 0.25) is 0 Å². The molecule has 0 spiro atoms. The van der Waals surface area contributed by atoms with Gasteiger partial charge in [-0.1, -0.05) is 30.3 Å². The van der Waals surface area contributed by atoms with Gasteiger partial charge in [0.2, 0.25) is 20.0 Å². The van der Waals surface area contributed by atoms with Crippen molar-refractivity contribution in [1.29, 1.82) is 0 Å². The zero-order chi connectivity index (χ0) is 21.9. The molecule has 1 aromatic heterocycles. The molecule has 4 rings (SSSR count). The van der Waals surface area contributed by atoms with Crippen molar-refractivity contribution >= 4 is 20.0 Å². The number of benzene rings is 2. The quantitative estimate of drug-likeness (QED) is 0.547. The molecule has 11 heteroatoms. The predicted octanol–water partition coefficient (Wildman–Crippen LogP) is 1.78. The number of nitrogens with one attached hydrogen (secondary N) is 1. The van der Waals surface area contributed by atoms with E-state index in [2.05, 4.69) is 14.8 Å². The Kier molecular flexibility index (Phi) is 6.19. The van der Waals surface area contributed by atoms with Gasteiger partial charge in [-0.05, 0) is 42.7 Å². The number of rotatable bonds is 8. The highest BCUT2D eigenvalue weighted by Crippen LogP contribution is 2.23. The molecule has 164 valence electrons. The van der Waals surface area contributed by atoms with Crippen LogP contribution in [0.3, 0.4) is 0 Å². The molecule has 1 fully saturated rings. The molecule has 0 bridgehead atoms. The van der Waals surface area contributed by atoms with Crippen molar-refractivity contribution in [2.24, 2.45) is 0 Å². The molecular formula is C20H23N5O4S2. The summed E-state index contributed by atoms with van der Waals surface area (Å²) in [6.07, 6.45) is 4.57. The topological polar surface area (TPSA) is 114 Å². The first-order chi connectivity index (χ1) is 14.9. The summed E-state index contributed by atoms with van der Waals surface area (Å²) in [7, 11) is -7.51. The van der Waals surface area contributed by atoms with Gasteiger partial charge in [-0.2, -0.15) is 9.40 Å². The Balaban J connectivity index is 1.57. The zero-order valence-electron chi connectivity index (χ0n) is 16.7. The van der Waals surface area contributed by atoms with Gasteiger partial charge in [0.05, 0.1) is 22.4 Å². The van der Waals surface area contributed by atoms with E-state index in [0.717, 1.165) is 18.4 Å². The van der Waals surface area contributed by atoms with E-state index in [1.165, 1.54) is 41.2 Å². The van der Waals surface area contributed by atoms with Crippen molar-refractivity contribution in [3.05, 3.63) is 72.8 Å². The second-order valence-corrected chi connectivity index (χ2v) is 10.9. The van der Waals surface area contributed by atoms with Crippen LogP contribution in [0.25, 0.3) is 0 Å². The molecule has 0 aliphatic carbocycles. The third-order valence-corrected chi connectivity index (χ3v) is 8.57. The normalized spacial score (nSPS) is 16.4. The second-order valence-electron chi connectivity index (χ2n) is 7.28. The van der Waals surface area contributed by atoms with Crippen molar-refractivity contribution in [2.75, 3.05) is 13.1 Å². The molecule has 3 aromatic rings. The van der Waals surface area contributed by atoms with Gasteiger partial charge in [0.1, 0.15) is 12.7 Å². The third-order valence-electron chi connectivity index (χ3n) is 5.17. The highest BCUT2D eigenvalue weighted by molar-refractivity contribution is 7.89. The lowest BCUT2D eigenvalue weighted by molar-refractivity contribution is 0.477. The predicted molar refractivity (Wildman–Crippen MR) is 114 cm³/mol. The average Bonchev–Trinajstić information content (AvgIpc) is 3.49. The van der Waals surface area contributed by atoms with Gasteiger partial charge >= 0.3 is 0 Å². The summed E-state index contributed by atoms with van der Waals surface area (Å²) in [4.78, 5) is 3.99. The summed E-state index contributed by atoms with van der Waals surface area (Å²) in [5, 5.41) is 4.06. The summed E-state index contributed by atoms with van der Waals surface area (Å²) in [6, 6.07) is 13.9. The molecule has 1 unspecified atom stereocenters. The van der Waals surface area contributed by atoms with Crippen LogP contribution >= 0.6 is 0 Å². The Morgan fingerprint density at radius 3 is 2.16 bits per heavy atom. The molecule has 0 amide bonds. The van der Waals surface area contributed by atoms with Gasteiger partial charge in [-0.25, -0.2) is 26.5 Å². The number of sulfonamides is 2. The highest BCUT2D eigenvalue weighted by atomic mass is 32.2. The molecule has 0 radical (unpaired) electrons. The lowest BCUT2D eigenvalue weighted by atomic mass is 10.1. The summed E-state index contributed by atoms with van der Waals surface area (Å²) in [5.74, 6) is 0. The Morgan fingerprint density at radius 2 is 1.55 bits per heavy atom. The van der Waals surface area contributed by atoms with E-state index in [0.29, 0.717) is 13.1 Å². The summed E-state index contributed by atoms with van der Waals surface area (Å²) in [6.45, 7) is 1.24. The smallest absolute Gasteiger partial charge is 0.243 e. The minimum Gasteiger partial charge on any atom is -0.251 e. The van der Waals surface area contributed by atoms with E-state index in [1.807, 2.05) is 30.3 Å². The van der Waals surface area contributed by atoms with E-state index in [1.54, 1.807) is 4.68 Å². The second kappa shape index (κ2) is 8.87. The Labute approximate surface area is 181 Å². The maximum atomic E-state index is 13.0. The van der Waals surface area contributed by atoms with Crippen LogP contribution in [0.1, 0.15) is 24.4 Å². The highest BCUT2D eigenvalue weighted by Gasteiger charge is 2.28. The summed E-state index contributed by atoms with van der Waals surface area (Å²) >= 11 is 0. The number of hydrogen-bond donors (Lipinski definition) is 1. The molecule has 1 saturated heterocycles. The first-order valence-corrected chi connectivity index (χ1v) is 12.8. The number of nitrogens with zero attached hydrogens (tertiary/aromatic N) is 4. The molecule has 1 aliphatic rings. The lowest BCUT2D eigenvalue weighted by Crippen LogP contribution is -2.32. The molecule has 0 saturated carbocycles. The largest absolute Gasteiger partial charge is 0.251 e. The Hall–Kier alpha value is -2.60. The third kappa shape index (κ3) is 4.85. The van der Waals surface area contributed by atoms with Crippen LogP contribution in [0.5, 0.6) is 0 Å². The summed E-state index contributed by atoms with van der Waals surface area (Å²) < 4.78 is 57.1. The van der Waals surface area contributed by atoms with E-state index in [-0.39, 0.29) is 16.3 Å². The van der Waals surface area contributed by atoms with E-state index >= 15 is 0 Å². The SMILES string of the molecule is O=S(=O)(NC(Cn1cncn1)c1ccccc1)c1ccc(S(=O)(=O)N2CCCC2)cc1. The van der Waals surface area contributed by atoms with Gasteiger partial charge in [0.15, 0.2) is 0 Å². The molecule has 2 heterocycles. The minimum absolute atomic E-state index is 0.00704. The molecule has 31 heavy (non-hydrogen) atoms. The van der Waals surface area contributed by atoms with Crippen molar-refractivity contribution < 1.29 is 16.8 Å². The fraction of sp³-hybridized carbons (Fsp3) is 0.300. The summed E-state index contributed by atoms with van der Waals surface area (Å²) in [5.41, 5.74) is 0.773. The molecule has 2 aromatic carbocycles. The van der Waals surface area contributed by atoms with Gasteiger partial charge in [0, 0.05) is 13.1 Å². The van der Waals surface area contributed by atoms with Gasteiger partial charge < -0.3 is 0 Å².